The van der Waals surface area contributed by atoms with E-state index in [1.54, 1.807) is 0 Å². The average Bonchev–Trinajstić information content (AvgIpc) is 3.40. The Morgan fingerprint density at radius 2 is 0.810 bits per heavy atom. The lowest BCUT2D eigenvalue weighted by Crippen LogP contribution is -2.15. The number of fused-ring (bicyclic) bond motifs is 6. The fraction of sp³-hybridized carbons (Fsp3) is 0.154. The highest BCUT2D eigenvalue weighted by Gasteiger charge is 2.36. The third-order valence-corrected chi connectivity index (χ3v) is 9.35. The van der Waals surface area contributed by atoms with Crippen molar-refractivity contribution in [1.29, 1.82) is 0 Å². The van der Waals surface area contributed by atoms with E-state index in [9.17, 15) is 0 Å². The number of aromatic nitrogens is 3. The van der Waals surface area contributed by atoms with Crippen LogP contribution in [-0.4, -0.2) is 15.0 Å². The van der Waals surface area contributed by atoms with Crippen LogP contribution in [0.15, 0.2) is 115 Å². The predicted molar refractivity (Wildman–Crippen MR) is 171 cm³/mol. The molecule has 42 heavy (non-hydrogen) atoms. The molecule has 1 aromatic heterocycles. The van der Waals surface area contributed by atoms with E-state index in [-0.39, 0.29) is 10.8 Å². The first kappa shape index (κ1) is 24.9. The molecule has 8 rings (SSSR count). The molecule has 0 aliphatic heterocycles. The lowest BCUT2D eigenvalue weighted by Gasteiger charge is -2.22. The van der Waals surface area contributed by atoms with E-state index in [0.717, 1.165) is 16.7 Å². The lowest BCUT2D eigenvalue weighted by molar-refractivity contribution is 0.660. The number of nitrogens with zero attached hydrogens (tertiary/aromatic N) is 3. The number of hydrogen-bond donors (Lipinski definition) is 0. The van der Waals surface area contributed by atoms with Crippen LogP contribution in [0, 0.1) is 0 Å². The van der Waals surface area contributed by atoms with Crippen LogP contribution in [0.5, 0.6) is 0 Å². The molecule has 2 aliphatic rings. The van der Waals surface area contributed by atoms with Gasteiger partial charge in [-0.1, -0.05) is 131 Å². The highest BCUT2D eigenvalue weighted by molar-refractivity contribution is 5.85. The molecule has 3 nitrogen and oxygen atoms in total. The zero-order chi connectivity index (χ0) is 28.6. The summed E-state index contributed by atoms with van der Waals surface area (Å²) in [6.07, 6.45) is 0. The molecule has 0 atom stereocenters. The van der Waals surface area contributed by atoms with Gasteiger partial charge in [0.05, 0.1) is 0 Å². The van der Waals surface area contributed by atoms with Crippen molar-refractivity contribution in [2.24, 2.45) is 0 Å². The van der Waals surface area contributed by atoms with Crippen molar-refractivity contribution in [3.05, 3.63) is 138 Å². The Balaban J connectivity index is 1.31. The molecule has 0 radical (unpaired) electrons. The Labute approximate surface area is 247 Å². The molecular weight excluding hydrogens is 510 g/mol. The molecule has 0 bridgehead atoms. The molecule has 0 saturated carbocycles. The van der Waals surface area contributed by atoms with Crippen molar-refractivity contribution in [3.63, 3.8) is 0 Å². The quantitative estimate of drug-likeness (QED) is 0.224. The second-order valence-corrected chi connectivity index (χ2v) is 12.5. The maximum Gasteiger partial charge on any atom is 0.164 e. The Hall–Kier alpha value is -4.89. The largest absolute Gasteiger partial charge is 0.208 e. The fourth-order valence-corrected chi connectivity index (χ4v) is 7.05. The van der Waals surface area contributed by atoms with Crippen molar-refractivity contribution < 1.29 is 0 Å². The zero-order valence-electron chi connectivity index (χ0n) is 24.3. The molecule has 6 aromatic rings. The van der Waals surface area contributed by atoms with Crippen LogP contribution >= 0.6 is 0 Å². The molecule has 2 aliphatic carbocycles. The van der Waals surface area contributed by atoms with Gasteiger partial charge in [-0.15, -0.1) is 0 Å². The summed E-state index contributed by atoms with van der Waals surface area (Å²) in [4.78, 5) is 15.2. The van der Waals surface area contributed by atoms with Gasteiger partial charge in [0, 0.05) is 27.5 Å². The van der Waals surface area contributed by atoms with E-state index in [1.807, 2.05) is 18.2 Å². The Kier molecular flexibility index (Phi) is 5.21. The van der Waals surface area contributed by atoms with Crippen LogP contribution in [0.4, 0.5) is 0 Å². The normalized spacial score (nSPS) is 15.0. The van der Waals surface area contributed by atoms with Gasteiger partial charge in [0.15, 0.2) is 17.5 Å². The zero-order valence-corrected chi connectivity index (χ0v) is 24.3. The molecule has 0 spiro atoms. The minimum Gasteiger partial charge on any atom is -0.208 e. The molecule has 0 N–H and O–H groups in total. The van der Waals surface area contributed by atoms with Gasteiger partial charge in [-0.25, -0.2) is 15.0 Å². The van der Waals surface area contributed by atoms with E-state index < -0.39 is 0 Å². The summed E-state index contributed by atoms with van der Waals surface area (Å²) in [5, 5.41) is 0. The van der Waals surface area contributed by atoms with Crippen LogP contribution in [0.2, 0.25) is 0 Å². The minimum atomic E-state index is -0.0970. The first-order chi connectivity index (χ1) is 20.3. The van der Waals surface area contributed by atoms with Gasteiger partial charge in [0.2, 0.25) is 0 Å². The van der Waals surface area contributed by atoms with Crippen molar-refractivity contribution in [1.82, 2.24) is 15.0 Å². The second kappa shape index (κ2) is 8.80. The predicted octanol–water partition coefficient (Wildman–Crippen LogP) is 9.49. The van der Waals surface area contributed by atoms with Crippen LogP contribution < -0.4 is 0 Å². The molecule has 5 aromatic carbocycles. The van der Waals surface area contributed by atoms with E-state index in [0.29, 0.717) is 17.5 Å². The van der Waals surface area contributed by atoms with Crippen LogP contribution in [0.1, 0.15) is 49.9 Å². The number of rotatable bonds is 3. The van der Waals surface area contributed by atoms with Crippen LogP contribution in [-0.2, 0) is 10.8 Å². The van der Waals surface area contributed by atoms with Gasteiger partial charge in [-0.05, 0) is 56.6 Å². The van der Waals surface area contributed by atoms with E-state index in [2.05, 4.69) is 125 Å². The van der Waals surface area contributed by atoms with Crippen molar-refractivity contribution in [2.45, 2.75) is 38.5 Å². The lowest BCUT2D eigenvalue weighted by atomic mass is 9.82. The minimum absolute atomic E-state index is 0.0429. The summed E-state index contributed by atoms with van der Waals surface area (Å²) < 4.78 is 0. The number of benzene rings is 5. The standard InChI is InChI=1S/C39H31N3/c1-38(2)32-17-11-9-15-28(32)30-22-25(19-21-33(30)38)36-40-35(24-12-6-5-7-13-24)41-37(42-36)26-18-20-29-27-14-8-10-16-31(27)39(3,4)34(29)23-26/h5-23H,1-4H3. The molecule has 3 heteroatoms. The third kappa shape index (κ3) is 3.56. The highest BCUT2D eigenvalue weighted by atomic mass is 15.0. The monoisotopic (exact) mass is 541 g/mol. The molecular formula is C39H31N3. The van der Waals surface area contributed by atoms with Gasteiger partial charge in [-0.3, -0.25) is 0 Å². The summed E-state index contributed by atoms with van der Waals surface area (Å²) in [5.41, 5.74) is 13.3. The topological polar surface area (TPSA) is 38.7 Å². The SMILES string of the molecule is CC1(C)c2ccccc2-c2cc(-c3nc(-c4ccccc4)nc(-c4ccc5c(c4)C(C)(C)c4ccccc4-5)n3)ccc21. The van der Waals surface area contributed by atoms with Gasteiger partial charge in [-0.2, -0.15) is 0 Å². The van der Waals surface area contributed by atoms with Gasteiger partial charge < -0.3 is 0 Å². The van der Waals surface area contributed by atoms with Crippen LogP contribution in [0.25, 0.3) is 56.4 Å². The van der Waals surface area contributed by atoms with Crippen molar-refractivity contribution in [3.8, 4) is 56.4 Å². The van der Waals surface area contributed by atoms with Gasteiger partial charge in [0.25, 0.3) is 0 Å². The first-order valence-corrected chi connectivity index (χ1v) is 14.6. The summed E-state index contributed by atoms with van der Waals surface area (Å²) in [6, 6.07) is 41.0. The van der Waals surface area contributed by atoms with Crippen molar-refractivity contribution in [2.75, 3.05) is 0 Å². The summed E-state index contributed by atoms with van der Waals surface area (Å²) in [6.45, 7) is 9.22. The number of hydrogen-bond acceptors (Lipinski definition) is 3. The summed E-state index contributed by atoms with van der Waals surface area (Å²) in [7, 11) is 0. The fourth-order valence-electron chi connectivity index (χ4n) is 7.05. The Morgan fingerprint density at radius 3 is 1.48 bits per heavy atom. The van der Waals surface area contributed by atoms with E-state index in [1.165, 1.54) is 44.5 Å². The van der Waals surface area contributed by atoms with Gasteiger partial charge in [0.1, 0.15) is 0 Å². The second-order valence-electron chi connectivity index (χ2n) is 12.5. The van der Waals surface area contributed by atoms with Gasteiger partial charge >= 0.3 is 0 Å². The van der Waals surface area contributed by atoms with E-state index >= 15 is 0 Å². The maximum absolute atomic E-state index is 5.12. The van der Waals surface area contributed by atoms with Crippen LogP contribution in [0.3, 0.4) is 0 Å². The molecule has 202 valence electrons. The molecule has 0 saturated heterocycles. The Morgan fingerprint density at radius 1 is 0.357 bits per heavy atom. The third-order valence-electron chi connectivity index (χ3n) is 9.35. The highest BCUT2D eigenvalue weighted by Crippen LogP contribution is 2.50. The first-order valence-electron chi connectivity index (χ1n) is 14.6. The molecule has 0 amide bonds. The molecule has 0 fully saturated rings. The smallest absolute Gasteiger partial charge is 0.164 e. The van der Waals surface area contributed by atoms with E-state index in [4.69, 9.17) is 15.0 Å². The summed E-state index contributed by atoms with van der Waals surface area (Å²) >= 11 is 0. The average molecular weight is 542 g/mol. The Bertz CT molecular complexity index is 2040. The molecule has 0 unspecified atom stereocenters. The van der Waals surface area contributed by atoms with Crippen molar-refractivity contribution >= 4 is 0 Å². The summed E-state index contributed by atoms with van der Waals surface area (Å²) in [5.74, 6) is 2.06. The molecule has 1 heterocycles. The maximum atomic E-state index is 5.12.